The molecule has 4 heteroatoms. The Bertz CT molecular complexity index is 468. The van der Waals surface area contributed by atoms with Gasteiger partial charge in [-0.2, -0.15) is 0 Å². The summed E-state index contributed by atoms with van der Waals surface area (Å²) in [6, 6.07) is 6.01. The third-order valence-electron chi connectivity index (χ3n) is 3.69. The van der Waals surface area contributed by atoms with Crippen molar-refractivity contribution in [2.24, 2.45) is 5.92 Å². The first kappa shape index (κ1) is 14.9. The smallest absolute Gasteiger partial charge is 0.257 e. The maximum absolute atomic E-state index is 11.7. The number of rotatable bonds is 6. The maximum Gasteiger partial charge on any atom is 0.257 e. The van der Waals surface area contributed by atoms with Crippen LogP contribution >= 0.6 is 0 Å². The molecule has 0 aliphatic carbocycles. The molecule has 1 heterocycles. The lowest BCUT2D eigenvalue weighted by molar-refractivity contribution is -0.123. The number of hydrogen-bond donors (Lipinski definition) is 2. The average molecular weight is 276 g/mol. The summed E-state index contributed by atoms with van der Waals surface area (Å²) in [5.41, 5.74) is 2.53. The first-order chi connectivity index (χ1) is 9.56. The highest BCUT2D eigenvalue weighted by molar-refractivity contribution is 5.77. The minimum Gasteiger partial charge on any atom is -0.484 e. The highest BCUT2D eigenvalue weighted by atomic mass is 16.5. The number of benzene rings is 1. The zero-order valence-electron chi connectivity index (χ0n) is 12.5. The topological polar surface area (TPSA) is 50.4 Å². The van der Waals surface area contributed by atoms with E-state index < -0.39 is 0 Å². The van der Waals surface area contributed by atoms with Crippen LogP contribution in [-0.2, 0) is 4.79 Å². The van der Waals surface area contributed by atoms with E-state index in [1.54, 1.807) is 0 Å². The molecular weight excluding hydrogens is 252 g/mol. The van der Waals surface area contributed by atoms with Crippen LogP contribution in [0.15, 0.2) is 18.2 Å². The van der Waals surface area contributed by atoms with Gasteiger partial charge >= 0.3 is 0 Å². The zero-order chi connectivity index (χ0) is 14.5. The normalized spacial score (nSPS) is 15.0. The summed E-state index contributed by atoms with van der Waals surface area (Å²) in [6.07, 6.45) is 0. The van der Waals surface area contributed by atoms with Crippen LogP contribution in [0.5, 0.6) is 5.75 Å². The van der Waals surface area contributed by atoms with E-state index in [1.807, 2.05) is 12.1 Å². The van der Waals surface area contributed by atoms with Crippen molar-refractivity contribution in [1.29, 1.82) is 0 Å². The molecule has 0 unspecified atom stereocenters. The SMILES string of the molecule is Cc1cc(OCC(=O)NCC2CNC2)ccc1C(C)C. The van der Waals surface area contributed by atoms with Gasteiger partial charge in [-0.3, -0.25) is 4.79 Å². The summed E-state index contributed by atoms with van der Waals surface area (Å²) < 4.78 is 5.54. The average Bonchev–Trinajstić information content (AvgIpc) is 2.34. The summed E-state index contributed by atoms with van der Waals surface area (Å²) in [7, 11) is 0. The van der Waals surface area contributed by atoms with Crippen molar-refractivity contribution >= 4 is 5.91 Å². The Morgan fingerprint density at radius 3 is 2.75 bits per heavy atom. The van der Waals surface area contributed by atoms with E-state index in [0.29, 0.717) is 11.8 Å². The molecule has 1 aliphatic rings. The molecule has 2 N–H and O–H groups in total. The molecule has 0 aromatic heterocycles. The second-order valence-corrected chi connectivity index (χ2v) is 5.79. The van der Waals surface area contributed by atoms with Crippen LogP contribution in [0.4, 0.5) is 0 Å². The maximum atomic E-state index is 11.7. The molecule has 110 valence electrons. The molecule has 0 saturated carbocycles. The van der Waals surface area contributed by atoms with Crippen LogP contribution in [0.3, 0.4) is 0 Å². The molecule has 0 atom stereocenters. The Morgan fingerprint density at radius 1 is 1.45 bits per heavy atom. The third-order valence-corrected chi connectivity index (χ3v) is 3.69. The number of nitrogens with one attached hydrogen (secondary N) is 2. The van der Waals surface area contributed by atoms with Gasteiger partial charge in [0.15, 0.2) is 6.61 Å². The monoisotopic (exact) mass is 276 g/mol. The van der Waals surface area contributed by atoms with Crippen molar-refractivity contribution in [1.82, 2.24) is 10.6 Å². The molecule has 1 amide bonds. The summed E-state index contributed by atoms with van der Waals surface area (Å²) in [5, 5.41) is 6.08. The molecule has 20 heavy (non-hydrogen) atoms. The van der Waals surface area contributed by atoms with E-state index >= 15 is 0 Å². The summed E-state index contributed by atoms with van der Waals surface area (Å²) in [5.74, 6) is 1.78. The Hall–Kier alpha value is -1.55. The lowest BCUT2D eigenvalue weighted by atomic mass is 9.98. The molecule has 4 nitrogen and oxygen atoms in total. The number of aryl methyl sites for hydroxylation is 1. The van der Waals surface area contributed by atoms with Crippen LogP contribution in [0.25, 0.3) is 0 Å². The molecule has 1 fully saturated rings. The fraction of sp³-hybridized carbons (Fsp3) is 0.562. The lowest BCUT2D eigenvalue weighted by Gasteiger charge is -2.27. The fourth-order valence-corrected chi connectivity index (χ4v) is 2.34. The molecule has 1 aliphatic heterocycles. The minimum atomic E-state index is -0.0533. The van der Waals surface area contributed by atoms with Gasteiger partial charge in [-0.15, -0.1) is 0 Å². The number of carbonyl (C=O) groups excluding carboxylic acids is 1. The highest BCUT2D eigenvalue weighted by Crippen LogP contribution is 2.23. The van der Waals surface area contributed by atoms with Gasteiger partial charge in [-0.05, 0) is 36.1 Å². The Morgan fingerprint density at radius 2 is 2.20 bits per heavy atom. The van der Waals surface area contributed by atoms with Gasteiger partial charge in [0.2, 0.25) is 0 Å². The minimum absolute atomic E-state index is 0.0533. The fourth-order valence-electron chi connectivity index (χ4n) is 2.34. The summed E-state index contributed by atoms with van der Waals surface area (Å²) in [4.78, 5) is 11.7. The number of amides is 1. The lowest BCUT2D eigenvalue weighted by Crippen LogP contribution is -2.48. The second-order valence-electron chi connectivity index (χ2n) is 5.79. The van der Waals surface area contributed by atoms with E-state index in [-0.39, 0.29) is 12.5 Å². The van der Waals surface area contributed by atoms with Crippen molar-refractivity contribution in [3.05, 3.63) is 29.3 Å². The third kappa shape index (κ3) is 3.97. The van der Waals surface area contributed by atoms with Gasteiger partial charge in [0.25, 0.3) is 5.91 Å². The van der Waals surface area contributed by atoms with Crippen molar-refractivity contribution in [2.75, 3.05) is 26.2 Å². The van der Waals surface area contributed by atoms with Gasteiger partial charge in [0, 0.05) is 25.6 Å². The number of carbonyl (C=O) groups is 1. The van der Waals surface area contributed by atoms with Crippen LogP contribution in [0.1, 0.15) is 30.9 Å². The predicted molar refractivity (Wildman–Crippen MR) is 80.1 cm³/mol. The van der Waals surface area contributed by atoms with Crippen molar-refractivity contribution < 1.29 is 9.53 Å². The Kier molecular flexibility index (Phi) is 5.01. The van der Waals surface area contributed by atoms with Gasteiger partial charge in [-0.1, -0.05) is 19.9 Å². The molecule has 0 spiro atoms. The number of hydrogen-bond acceptors (Lipinski definition) is 3. The van der Waals surface area contributed by atoms with Gasteiger partial charge in [0.1, 0.15) is 5.75 Å². The first-order valence-electron chi connectivity index (χ1n) is 7.27. The van der Waals surface area contributed by atoms with Crippen LogP contribution in [0.2, 0.25) is 0 Å². The summed E-state index contributed by atoms with van der Waals surface area (Å²) >= 11 is 0. The predicted octanol–water partition coefficient (Wildman–Crippen LogP) is 1.83. The molecule has 0 radical (unpaired) electrons. The Balaban J connectivity index is 1.78. The zero-order valence-corrected chi connectivity index (χ0v) is 12.5. The van der Waals surface area contributed by atoms with E-state index in [9.17, 15) is 4.79 Å². The quantitative estimate of drug-likeness (QED) is 0.833. The standard InChI is InChI=1S/C16H24N2O2/c1-11(2)15-5-4-14(6-12(15)3)20-10-16(19)18-9-13-7-17-8-13/h4-6,11,13,17H,7-10H2,1-3H3,(H,18,19). The molecule has 0 bridgehead atoms. The van der Waals surface area contributed by atoms with E-state index in [0.717, 1.165) is 25.4 Å². The molecule has 1 saturated heterocycles. The van der Waals surface area contributed by atoms with Gasteiger partial charge in [-0.25, -0.2) is 0 Å². The van der Waals surface area contributed by atoms with Gasteiger partial charge in [0.05, 0.1) is 0 Å². The van der Waals surface area contributed by atoms with Crippen LogP contribution < -0.4 is 15.4 Å². The Labute approximate surface area is 120 Å². The van der Waals surface area contributed by atoms with Crippen LogP contribution in [0, 0.1) is 12.8 Å². The van der Waals surface area contributed by atoms with E-state index in [2.05, 4.69) is 37.5 Å². The molecule has 1 aromatic carbocycles. The first-order valence-corrected chi connectivity index (χ1v) is 7.27. The van der Waals surface area contributed by atoms with Crippen molar-refractivity contribution in [2.45, 2.75) is 26.7 Å². The second kappa shape index (κ2) is 6.75. The highest BCUT2D eigenvalue weighted by Gasteiger charge is 2.17. The van der Waals surface area contributed by atoms with E-state index in [1.165, 1.54) is 11.1 Å². The molecule has 2 rings (SSSR count). The molecular formula is C16H24N2O2. The summed E-state index contributed by atoms with van der Waals surface area (Å²) in [6.45, 7) is 9.23. The van der Waals surface area contributed by atoms with E-state index in [4.69, 9.17) is 4.74 Å². The van der Waals surface area contributed by atoms with Crippen LogP contribution in [-0.4, -0.2) is 32.1 Å². The van der Waals surface area contributed by atoms with Crippen molar-refractivity contribution in [3.63, 3.8) is 0 Å². The van der Waals surface area contributed by atoms with Crippen molar-refractivity contribution in [3.8, 4) is 5.75 Å². The molecule has 1 aromatic rings. The van der Waals surface area contributed by atoms with Gasteiger partial charge < -0.3 is 15.4 Å². The number of ether oxygens (including phenoxy) is 1. The largest absolute Gasteiger partial charge is 0.484 e.